The van der Waals surface area contributed by atoms with Crippen molar-refractivity contribution >= 4 is 23.4 Å². The molecule has 0 aliphatic carbocycles. The quantitative estimate of drug-likeness (QED) is 0.764. The maximum absolute atomic E-state index is 12.7. The van der Waals surface area contributed by atoms with Crippen LogP contribution in [0.3, 0.4) is 0 Å². The summed E-state index contributed by atoms with van der Waals surface area (Å²) in [5.41, 5.74) is 2.40. The molecule has 1 aliphatic heterocycles. The summed E-state index contributed by atoms with van der Waals surface area (Å²) in [4.78, 5) is 8.64. The second-order valence-corrected chi connectivity index (χ2v) is 5.53. The molecule has 1 aromatic carbocycles. The van der Waals surface area contributed by atoms with E-state index in [4.69, 9.17) is 11.6 Å². The zero-order valence-corrected chi connectivity index (χ0v) is 11.3. The lowest BCUT2D eigenvalue weighted by Gasteiger charge is -2.07. The third-order valence-corrected chi connectivity index (χ3v) is 4.21. The zero-order chi connectivity index (χ0) is 13.4. The van der Waals surface area contributed by atoms with Gasteiger partial charge in [0.2, 0.25) is 0 Å². The molecule has 2 nitrogen and oxygen atoms in total. The summed E-state index contributed by atoms with van der Waals surface area (Å²) < 4.78 is 25.4. The molecule has 0 spiro atoms. The highest BCUT2D eigenvalue weighted by Gasteiger charge is 2.19. The van der Waals surface area contributed by atoms with Gasteiger partial charge < -0.3 is 0 Å². The van der Waals surface area contributed by atoms with Crippen LogP contribution in [0.1, 0.15) is 23.2 Å². The molecule has 0 saturated heterocycles. The molecular formula is C13H9ClF2N2S. The van der Waals surface area contributed by atoms with Crippen molar-refractivity contribution in [3.8, 4) is 11.4 Å². The Hall–Kier alpha value is -1.20. The number of aromatic nitrogens is 2. The second-order valence-electron chi connectivity index (χ2n) is 4.18. The van der Waals surface area contributed by atoms with Crippen LogP contribution in [0.4, 0.5) is 8.78 Å². The van der Waals surface area contributed by atoms with E-state index >= 15 is 0 Å². The molecule has 6 heteroatoms. The molecule has 0 atom stereocenters. The minimum absolute atomic E-state index is 0.0351. The Balaban J connectivity index is 2.07. The van der Waals surface area contributed by atoms with Crippen molar-refractivity contribution in [2.45, 2.75) is 17.9 Å². The molecule has 3 rings (SSSR count). The predicted octanol–water partition coefficient (Wildman–Crippen LogP) is 4.48. The van der Waals surface area contributed by atoms with Gasteiger partial charge in [-0.25, -0.2) is 18.7 Å². The predicted molar refractivity (Wildman–Crippen MR) is 72.4 cm³/mol. The Morgan fingerprint density at radius 3 is 2.84 bits per heavy atom. The average Bonchev–Trinajstić information content (AvgIpc) is 2.87. The summed E-state index contributed by atoms with van der Waals surface area (Å²) in [5, 5.41) is 0.424. The summed E-state index contributed by atoms with van der Waals surface area (Å²) in [6, 6.07) is 6.09. The van der Waals surface area contributed by atoms with E-state index in [0.29, 0.717) is 16.5 Å². The second kappa shape index (κ2) is 5.06. The molecule has 0 bridgehead atoms. The number of fused-ring (bicyclic) bond motifs is 1. The SMILES string of the molecule is FC(F)c1cccc(-c2nc(Cl)c3c(n2)CSC3)c1. The Kier molecular flexibility index (Phi) is 3.41. The molecule has 0 fully saturated rings. The molecule has 0 amide bonds. The maximum Gasteiger partial charge on any atom is 0.263 e. The van der Waals surface area contributed by atoms with Gasteiger partial charge in [-0.3, -0.25) is 0 Å². The molecule has 1 aromatic heterocycles. The van der Waals surface area contributed by atoms with Crippen LogP contribution in [-0.2, 0) is 11.5 Å². The Labute approximate surface area is 118 Å². The Morgan fingerprint density at radius 1 is 1.21 bits per heavy atom. The van der Waals surface area contributed by atoms with Gasteiger partial charge in [0.05, 0.1) is 5.69 Å². The van der Waals surface area contributed by atoms with Crippen LogP contribution in [0.5, 0.6) is 0 Å². The molecule has 0 radical (unpaired) electrons. The molecule has 19 heavy (non-hydrogen) atoms. The van der Waals surface area contributed by atoms with Gasteiger partial charge >= 0.3 is 0 Å². The van der Waals surface area contributed by atoms with E-state index in [1.54, 1.807) is 23.9 Å². The van der Waals surface area contributed by atoms with Crippen molar-refractivity contribution in [2.75, 3.05) is 0 Å². The van der Waals surface area contributed by atoms with Gasteiger partial charge in [0.25, 0.3) is 6.43 Å². The summed E-state index contributed by atoms with van der Waals surface area (Å²) in [6.45, 7) is 0. The van der Waals surface area contributed by atoms with Crippen LogP contribution in [-0.4, -0.2) is 9.97 Å². The van der Waals surface area contributed by atoms with Gasteiger partial charge in [-0.15, -0.1) is 0 Å². The van der Waals surface area contributed by atoms with Gasteiger partial charge in [-0.1, -0.05) is 29.8 Å². The van der Waals surface area contributed by atoms with E-state index in [0.717, 1.165) is 22.8 Å². The topological polar surface area (TPSA) is 25.8 Å². The van der Waals surface area contributed by atoms with E-state index < -0.39 is 6.43 Å². The number of alkyl halides is 2. The van der Waals surface area contributed by atoms with E-state index in [2.05, 4.69) is 9.97 Å². The highest BCUT2D eigenvalue weighted by atomic mass is 35.5. The van der Waals surface area contributed by atoms with E-state index in [9.17, 15) is 8.78 Å². The summed E-state index contributed by atoms with van der Waals surface area (Å²) in [6.07, 6.45) is -2.50. The molecule has 0 N–H and O–H groups in total. The smallest absolute Gasteiger partial charge is 0.232 e. The zero-order valence-electron chi connectivity index (χ0n) is 9.74. The van der Waals surface area contributed by atoms with Gasteiger partial charge in [0.1, 0.15) is 5.15 Å². The van der Waals surface area contributed by atoms with Crippen molar-refractivity contribution in [2.24, 2.45) is 0 Å². The fourth-order valence-electron chi connectivity index (χ4n) is 1.95. The van der Waals surface area contributed by atoms with Crippen LogP contribution in [0, 0.1) is 0 Å². The van der Waals surface area contributed by atoms with E-state index in [1.807, 2.05) is 0 Å². The molecule has 1 aliphatic rings. The summed E-state index contributed by atoms with van der Waals surface area (Å²) >= 11 is 7.84. The van der Waals surface area contributed by atoms with Crippen LogP contribution in [0.15, 0.2) is 24.3 Å². The molecule has 2 aromatic rings. The normalized spacial score (nSPS) is 13.9. The lowest BCUT2D eigenvalue weighted by atomic mass is 10.1. The van der Waals surface area contributed by atoms with Gasteiger partial charge in [-0.2, -0.15) is 11.8 Å². The van der Waals surface area contributed by atoms with Crippen molar-refractivity contribution in [3.63, 3.8) is 0 Å². The average molecular weight is 299 g/mol. The minimum atomic E-state index is -2.50. The van der Waals surface area contributed by atoms with Crippen LogP contribution >= 0.6 is 23.4 Å². The highest BCUT2D eigenvalue weighted by Crippen LogP contribution is 2.34. The fourth-order valence-corrected chi connectivity index (χ4v) is 3.33. The van der Waals surface area contributed by atoms with Crippen LogP contribution in [0.25, 0.3) is 11.4 Å². The summed E-state index contributed by atoms with van der Waals surface area (Å²) in [7, 11) is 0. The van der Waals surface area contributed by atoms with Crippen LogP contribution in [0.2, 0.25) is 5.15 Å². The van der Waals surface area contributed by atoms with E-state index in [-0.39, 0.29) is 5.56 Å². The molecule has 0 unspecified atom stereocenters. The first-order chi connectivity index (χ1) is 9.15. The largest absolute Gasteiger partial charge is 0.263 e. The summed E-state index contributed by atoms with van der Waals surface area (Å²) in [5.74, 6) is 2.01. The monoisotopic (exact) mass is 298 g/mol. The first-order valence-electron chi connectivity index (χ1n) is 5.66. The third-order valence-electron chi connectivity index (χ3n) is 2.92. The molecular weight excluding hydrogens is 290 g/mol. The number of hydrogen-bond acceptors (Lipinski definition) is 3. The van der Waals surface area contributed by atoms with E-state index in [1.165, 1.54) is 12.1 Å². The van der Waals surface area contributed by atoms with Crippen molar-refractivity contribution in [1.82, 2.24) is 9.97 Å². The molecule has 0 saturated carbocycles. The maximum atomic E-state index is 12.7. The third kappa shape index (κ3) is 2.44. The number of benzene rings is 1. The Morgan fingerprint density at radius 2 is 2.05 bits per heavy atom. The number of thioether (sulfide) groups is 1. The Bertz CT molecular complexity index is 634. The fraction of sp³-hybridized carbons (Fsp3) is 0.231. The number of rotatable bonds is 2. The van der Waals surface area contributed by atoms with Gasteiger partial charge in [0.15, 0.2) is 5.82 Å². The lowest BCUT2D eigenvalue weighted by molar-refractivity contribution is 0.151. The number of halogens is 3. The number of nitrogens with zero attached hydrogens (tertiary/aromatic N) is 2. The highest BCUT2D eigenvalue weighted by molar-refractivity contribution is 7.98. The molecule has 98 valence electrons. The first-order valence-corrected chi connectivity index (χ1v) is 7.20. The van der Waals surface area contributed by atoms with Crippen molar-refractivity contribution in [1.29, 1.82) is 0 Å². The van der Waals surface area contributed by atoms with Crippen LogP contribution < -0.4 is 0 Å². The van der Waals surface area contributed by atoms with Gasteiger partial charge in [-0.05, 0) is 6.07 Å². The van der Waals surface area contributed by atoms with Crippen molar-refractivity contribution in [3.05, 3.63) is 46.2 Å². The minimum Gasteiger partial charge on any atom is -0.232 e. The standard InChI is InChI=1S/C13H9ClF2N2S/c14-11-9-5-19-6-10(9)17-13(18-11)8-3-1-2-7(4-8)12(15)16/h1-4,12H,5-6H2. The lowest BCUT2D eigenvalue weighted by Crippen LogP contribution is -1.98. The first kappa shape index (κ1) is 12.8. The number of hydrogen-bond donors (Lipinski definition) is 0. The van der Waals surface area contributed by atoms with Gasteiger partial charge in [0, 0.05) is 28.2 Å². The van der Waals surface area contributed by atoms with Crippen molar-refractivity contribution < 1.29 is 8.78 Å². The molecule has 2 heterocycles.